The number of pyridine rings is 3. The van der Waals surface area contributed by atoms with Crippen LogP contribution in [0.1, 0.15) is 16.7 Å². The second-order valence-electron chi connectivity index (χ2n) is 34.7. The molecule has 0 atom stereocenters. The molecule has 12 heteroatoms. The number of nitriles is 3. The molecule has 0 fully saturated rings. The van der Waals surface area contributed by atoms with Gasteiger partial charge in [-0.3, -0.25) is 15.0 Å². The fourth-order valence-corrected chi connectivity index (χ4v) is 31.2. The highest BCUT2D eigenvalue weighted by molar-refractivity contribution is 7.06. The van der Waals surface area contributed by atoms with Gasteiger partial charge in [0.2, 0.25) is 0 Å². The first-order valence-corrected chi connectivity index (χ1v) is 51.9. The van der Waals surface area contributed by atoms with Crippen LogP contribution in [0.25, 0.3) is 183 Å². The zero-order valence-corrected chi connectivity index (χ0v) is 73.4. The number of rotatable bonds is 9. The average Bonchev–Trinajstić information content (AvgIpc) is 1.55. The van der Waals surface area contributed by atoms with Gasteiger partial charge in [0.05, 0.1) is 72.9 Å². The van der Waals surface area contributed by atoms with Gasteiger partial charge >= 0.3 is 0 Å². The van der Waals surface area contributed by atoms with Crippen LogP contribution in [0.3, 0.4) is 0 Å². The topological polar surface area (TPSA) is 125 Å². The van der Waals surface area contributed by atoms with Crippen molar-refractivity contribution in [3.63, 3.8) is 0 Å². The second kappa shape index (κ2) is 30.1. The fraction of sp³-hybridized carbons (Fsp3) is 0.0526. The van der Waals surface area contributed by atoms with E-state index in [2.05, 4.69) is 396 Å². The smallest absolute Gasteiger partial charge is 0.114 e. The molecule has 0 saturated heterocycles. The van der Waals surface area contributed by atoms with Gasteiger partial charge in [0, 0.05) is 84.7 Å². The molecule has 126 heavy (non-hydrogen) atoms. The molecule has 9 heterocycles. The molecule has 0 aliphatic carbocycles. The molecule has 0 N–H and O–H groups in total. The Morgan fingerprint density at radius 3 is 1.02 bits per heavy atom. The summed E-state index contributed by atoms with van der Waals surface area (Å²) in [5, 5.41) is 45.5. The molecule has 0 bridgehead atoms. The van der Waals surface area contributed by atoms with E-state index in [0.717, 1.165) is 78.5 Å². The van der Waals surface area contributed by atoms with Crippen LogP contribution >= 0.6 is 0 Å². The standard InChI is InChI=1S/3C38H27N3Si/c1-42(2)35-18-6-4-15-30(35)31-19-20-34-36(38(31)42)32-16-3-5-17-33(32)41(34)29-14-8-11-26(23-29)25-10-7-12-27(22-25)37-28(24-39)13-9-21-40-37;1-42(2)36-16-6-4-13-30(36)31-18-20-35-37(38(31)42)32-14-3-5-15-34(32)41(35)29-12-8-10-27(22-29)26-9-7-11-28(21-26)33-19-17-25(23-39)24-40-33;1-42(2)36-16-6-4-13-30(36)31-17-18-35-37(38(31)42)32-14-3-5-15-34(32)41(35)29-12-8-10-27(23-29)26-9-7-11-28(22-26)33-21-25(24-39)19-20-40-33/h3-23H,1-2H3;3-22,24H,1-2H3;3-23H,1-2H3. The maximum Gasteiger partial charge on any atom is 0.114 e. The highest BCUT2D eigenvalue weighted by Gasteiger charge is 2.43. The Balaban J connectivity index is 0.000000112. The lowest BCUT2D eigenvalue weighted by Crippen LogP contribution is -2.49. The third-order valence-electron chi connectivity index (χ3n) is 26.5. The van der Waals surface area contributed by atoms with Crippen LogP contribution in [-0.2, 0) is 0 Å². The first-order valence-electron chi connectivity index (χ1n) is 42.9. The Labute approximate surface area is 734 Å². The number of fused-ring (bicyclic) bond motifs is 21. The zero-order chi connectivity index (χ0) is 85.3. The molecule has 0 unspecified atom stereocenters. The number of nitrogens with zero attached hydrogens (tertiary/aromatic N) is 9. The predicted octanol–water partition coefficient (Wildman–Crippen LogP) is 24.6. The van der Waals surface area contributed by atoms with E-state index in [-0.39, 0.29) is 0 Å². The molecule has 6 aromatic heterocycles. The number of aromatic nitrogens is 6. The van der Waals surface area contributed by atoms with Crippen LogP contribution in [0, 0.1) is 34.0 Å². The molecule has 0 saturated carbocycles. The zero-order valence-electron chi connectivity index (χ0n) is 70.4. The Bertz CT molecular complexity index is 8260. The van der Waals surface area contributed by atoms with Gasteiger partial charge in [0.15, 0.2) is 0 Å². The molecule has 0 spiro atoms. The van der Waals surface area contributed by atoms with Crippen molar-refractivity contribution in [2.24, 2.45) is 0 Å². The van der Waals surface area contributed by atoms with Gasteiger partial charge in [-0.25, -0.2) is 0 Å². The van der Waals surface area contributed by atoms with Gasteiger partial charge in [-0.05, 0) is 225 Å². The van der Waals surface area contributed by atoms with Crippen molar-refractivity contribution in [3.8, 4) is 136 Å². The van der Waals surface area contributed by atoms with E-state index >= 15 is 0 Å². The largest absolute Gasteiger partial charge is 0.309 e. The van der Waals surface area contributed by atoms with E-state index in [0.29, 0.717) is 22.4 Å². The normalized spacial score (nSPS) is 13.2. The molecule has 15 aromatic carbocycles. The summed E-state index contributed by atoms with van der Waals surface area (Å²) in [5.41, 5.74) is 33.1. The molecule has 3 aliphatic rings. The lowest BCUT2D eigenvalue weighted by atomic mass is 9.99. The van der Waals surface area contributed by atoms with Crippen LogP contribution in [0.2, 0.25) is 39.3 Å². The summed E-state index contributed by atoms with van der Waals surface area (Å²) in [6, 6.07) is 137. The van der Waals surface area contributed by atoms with Crippen LogP contribution < -0.4 is 31.1 Å². The number of benzene rings is 15. The Hall–Kier alpha value is -15.7. The van der Waals surface area contributed by atoms with E-state index in [9.17, 15) is 10.5 Å². The minimum atomic E-state index is -1.90. The van der Waals surface area contributed by atoms with Crippen LogP contribution in [0.5, 0.6) is 0 Å². The monoisotopic (exact) mass is 1660 g/mol. The first kappa shape index (κ1) is 76.4. The van der Waals surface area contributed by atoms with E-state index in [1.54, 1.807) is 46.3 Å². The Morgan fingerprint density at radius 2 is 0.611 bits per heavy atom. The van der Waals surface area contributed by atoms with Crippen molar-refractivity contribution < 1.29 is 0 Å². The van der Waals surface area contributed by atoms with E-state index < -0.39 is 24.2 Å². The SMILES string of the molecule is C[Si]1(C)c2ccccc2-c2ccc3c(c21)c1ccccc1n3-c1cccc(-c2cccc(-c3cc(C#N)ccn3)c2)c1.C[Si]1(C)c2ccccc2-c2ccc3c(c21)c1ccccc1n3-c1cccc(-c2cccc(-c3ccc(C#N)cn3)c2)c1.C[Si]1(C)c2ccccc2-c2ccc3c(c21)c1ccccc1n3-c1cccc(-c2cccc(-c3ncccc3C#N)c2)c1. The predicted molar refractivity (Wildman–Crippen MR) is 529 cm³/mol. The molecular weight excluding hydrogens is 1580 g/mol. The molecule has 0 amide bonds. The average molecular weight is 1660 g/mol. The minimum absolute atomic E-state index is 0.564. The van der Waals surface area contributed by atoms with Gasteiger partial charge in [-0.1, -0.05) is 276 Å². The van der Waals surface area contributed by atoms with Gasteiger partial charge in [0.1, 0.15) is 36.4 Å². The number of hydrogen-bond donors (Lipinski definition) is 0. The summed E-state index contributed by atoms with van der Waals surface area (Å²) < 4.78 is 7.30. The molecular formula is C114H81N9Si3. The van der Waals surface area contributed by atoms with Crippen LogP contribution in [0.4, 0.5) is 0 Å². The van der Waals surface area contributed by atoms with E-state index in [1.165, 1.54) is 114 Å². The molecule has 21 aromatic rings. The van der Waals surface area contributed by atoms with Gasteiger partial charge in [-0.15, -0.1) is 0 Å². The summed E-state index contributed by atoms with van der Waals surface area (Å²) in [5.74, 6) is 0. The molecule has 594 valence electrons. The second-order valence-corrected chi connectivity index (χ2v) is 47.6. The van der Waals surface area contributed by atoms with Gasteiger partial charge in [0.25, 0.3) is 0 Å². The molecule has 24 rings (SSSR count). The highest BCUT2D eigenvalue weighted by atomic mass is 28.3. The summed E-state index contributed by atoms with van der Waals surface area (Å²) >= 11 is 0. The molecule has 0 radical (unpaired) electrons. The van der Waals surface area contributed by atoms with Crippen molar-refractivity contribution in [1.82, 2.24) is 28.7 Å². The third kappa shape index (κ3) is 12.3. The lowest BCUT2D eigenvalue weighted by molar-refractivity contribution is 1.18. The Morgan fingerprint density at radius 1 is 0.246 bits per heavy atom. The van der Waals surface area contributed by atoms with Gasteiger partial charge < -0.3 is 13.7 Å². The van der Waals surface area contributed by atoms with Crippen molar-refractivity contribution in [3.05, 3.63) is 399 Å². The summed E-state index contributed by atoms with van der Waals surface area (Å²) in [6.07, 6.45) is 5.07. The number of para-hydroxylation sites is 3. The van der Waals surface area contributed by atoms with Crippen molar-refractivity contribution in [2.75, 3.05) is 0 Å². The van der Waals surface area contributed by atoms with Crippen molar-refractivity contribution >= 4 is 121 Å². The summed E-state index contributed by atoms with van der Waals surface area (Å²) in [6.45, 7) is 15.0. The maximum absolute atomic E-state index is 9.63. The van der Waals surface area contributed by atoms with Crippen molar-refractivity contribution in [1.29, 1.82) is 15.8 Å². The highest BCUT2D eigenvalue weighted by Crippen LogP contribution is 2.45. The van der Waals surface area contributed by atoms with Crippen molar-refractivity contribution in [2.45, 2.75) is 39.3 Å². The number of hydrogen-bond acceptors (Lipinski definition) is 6. The van der Waals surface area contributed by atoms with Crippen LogP contribution in [-0.4, -0.2) is 52.9 Å². The Kier molecular flexibility index (Phi) is 18.3. The third-order valence-corrected chi connectivity index (χ3v) is 37.2. The van der Waals surface area contributed by atoms with Gasteiger partial charge in [-0.2, -0.15) is 15.8 Å². The lowest BCUT2D eigenvalue weighted by Gasteiger charge is -2.20. The first-order chi connectivity index (χ1) is 61.6. The summed E-state index contributed by atoms with van der Waals surface area (Å²) in [7, 11) is -5.70. The van der Waals surface area contributed by atoms with E-state index in [4.69, 9.17) is 5.26 Å². The molecule has 9 nitrogen and oxygen atoms in total. The van der Waals surface area contributed by atoms with E-state index in [1.807, 2.05) is 42.5 Å². The maximum atomic E-state index is 9.63. The molecule has 3 aliphatic heterocycles. The minimum Gasteiger partial charge on any atom is -0.309 e. The fourth-order valence-electron chi connectivity index (χ4n) is 20.9. The quantitative estimate of drug-likeness (QED) is 0.133. The summed E-state index contributed by atoms with van der Waals surface area (Å²) in [4.78, 5) is 13.5. The van der Waals surface area contributed by atoms with Crippen LogP contribution in [0.15, 0.2) is 383 Å².